The molecule has 4 heteroatoms. The van der Waals surface area contributed by atoms with Gasteiger partial charge in [0.25, 0.3) is 0 Å². The molecule has 1 rings (SSSR count). The first-order valence-electron chi connectivity index (χ1n) is 5.94. The molecule has 2 N–H and O–H groups in total. The Morgan fingerprint density at radius 1 is 1.44 bits per heavy atom. The van der Waals surface area contributed by atoms with Crippen molar-refractivity contribution in [2.45, 2.75) is 32.8 Å². The molecular weight excluding hydrogens is 230 g/mol. The van der Waals surface area contributed by atoms with E-state index < -0.39 is 5.60 Å². The van der Waals surface area contributed by atoms with Gasteiger partial charge in [-0.3, -0.25) is 4.79 Å². The lowest BCUT2D eigenvalue weighted by Crippen LogP contribution is -2.38. The molecule has 0 spiro atoms. The molecule has 1 amide bonds. The third kappa shape index (κ3) is 4.75. The second kappa shape index (κ2) is 5.87. The predicted molar refractivity (Wildman–Crippen MR) is 70.7 cm³/mol. The highest BCUT2D eigenvalue weighted by molar-refractivity contribution is 5.78. The lowest BCUT2D eigenvalue weighted by atomic mass is 10.1. The van der Waals surface area contributed by atoms with Gasteiger partial charge in [0.1, 0.15) is 5.75 Å². The monoisotopic (exact) mass is 251 g/mol. The zero-order valence-electron chi connectivity index (χ0n) is 11.4. The predicted octanol–water partition coefficient (Wildman–Crippen LogP) is 1.43. The molecule has 0 fully saturated rings. The quantitative estimate of drug-likeness (QED) is 0.832. The molecule has 18 heavy (non-hydrogen) atoms. The van der Waals surface area contributed by atoms with E-state index in [2.05, 4.69) is 5.32 Å². The van der Waals surface area contributed by atoms with Gasteiger partial charge in [-0.15, -0.1) is 0 Å². The average Bonchev–Trinajstić information content (AvgIpc) is 2.28. The van der Waals surface area contributed by atoms with Gasteiger partial charge < -0.3 is 15.2 Å². The van der Waals surface area contributed by atoms with Crippen LogP contribution in [-0.2, 0) is 11.2 Å². The SMILES string of the molecule is COc1cc(CC(=O)NCC(C)(C)O)ccc1C. The maximum Gasteiger partial charge on any atom is 0.224 e. The van der Waals surface area contributed by atoms with Crippen molar-refractivity contribution < 1.29 is 14.6 Å². The van der Waals surface area contributed by atoms with Crippen LogP contribution in [0.3, 0.4) is 0 Å². The fourth-order valence-electron chi connectivity index (χ4n) is 1.54. The minimum Gasteiger partial charge on any atom is -0.496 e. The molecule has 0 aliphatic heterocycles. The second-order valence-corrected chi connectivity index (χ2v) is 5.07. The van der Waals surface area contributed by atoms with E-state index in [4.69, 9.17) is 4.74 Å². The van der Waals surface area contributed by atoms with E-state index in [-0.39, 0.29) is 18.9 Å². The van der Waals surface area contributed by atoms with Crippen LogP contribution in [0.15, 0.2) is 18.2 Å². The van der Waals surface area contributed by atoms with E-state index in [1.54, 1.807) is 21.0 Å². The van der Waals surface area contributed by atoms with Crippen LogP contribution in [0.5, 0.6) is 5.75 Å². The van der Waals surface area contributed by atoms with Gasteiger partial charge in [0, 0.05) is 6.54 Å². The zero-order chi connectivity index (χ0) is 13.8. The smallest absolute Gasteiger partial charge is 0.224 e. The Balaban J connectivity index is 2.59. The van der Waals surface area contributed by atoms with E-state index in [0.29, 0.717) is 0 Å². The number of amides is 1. The van der Waals surface area contributed by atoms with Gasteiger partial charge in [-0.2, -0.15) is 0 Å². The topological polar surface area (TPSA) is 58.6 Å². The highest BCUT2D eigenvalue weighted by Gasteiger charge is 2.14. The number of carbonyl (C=O) groups is 1. The molecule has 0 atom stereocenters. The van der Waals surface area contributed by atoms with Gasteiger partial charge in [0.05, 0.1) is 19.1 Å². The normalized spacial score (nSPS) is 11.2. The maximum atomic E-state index is 11.7. The summed E-state index contributed by atoms with van der Waals surface area (Å²) >= 11 is 0. The molecule has 0 aromatic heterocycles. The molecule has 0 saturated carbocycles. The average molecular weight is 251 g/mol. The number of carbonyl (C=O) groups excluding carboxylic acids is 1. The zero-order valence-corrected chi connectivity index (χ0v) is 11.4. The second-order valence-electron chi connectivity index (χ2n) is 5.07. The van der Waals surface area contributed by atoms with Gasteiger partial charge in [0.2, 0.25) is 5.91 Å². The molecule has 1 aromatic rings. The van der Waals surface area contributed by atoms with Crippen molar-refractivity contribution in [2.75, 3.05) is 13.7 Å². The van der Waals surface area contributed by atoms with E-state index in [1.807, 2.05) is 25.1 Å². The molecule has 0 heterocycles. The molecule has 0 radical (unpaired) electrons. The Hall–Kier alpha value is -1.55. The summed E-state index contributed by atoms with van der Waals surface area (Å²) in [7, 11) is 1.61. The van der Waals surface area contributed by atoms with Crippen molar-refractivity contribution in [3.63, 3.8) is 0 Å². The number of aryl methyl sites for hydroxylation is 1. The van der Waals surface area contributed by atoms with Crippen molar-refractivity contribution in [1.82, 2.24) is 5.32 Å². The number of hydrogen-bond acceptors (Lipinski definition) is 3. The summed E-state index contributed by atoms with van der Waals surface area (Å²) in [6, 6.07) is 5.69. The summed E-state index contributed by atoms with van der Waals surface area (Å²) in [5, 5.41) is 12.2. The van der Waals surface area contributed by atoms with Crippen LogP contribution < -0.4 is 10.1 Å². The van der Waals surface area contributed by atoms with Crippen LogP contribution in [0.2, 0.25) is 0 Å². The van der Waals surface area contributed by atoms with Crippen LogP contribution in [-0.4, -0.2) is 30.3 Å². The lowest BCUT2D eigenvalue weighted by molar-refractivity contribution is -0.121. The van der Waals surface area contributed by atoms with Crippen molar-refractivity contribution in [2.24, 2.45) is 0 Å². The van der Waals surface area contributed by atoms with E-state index >= 15 is 0 Å². The largest absolute Gasteiger partial charge is 0.496 e. The summed E-state index contributed by atoms with van der Waals surface area (Å²) in [4.78, 5) is 11.7. The summed E-state index contributed by atoms with van der Waals surface area (Å²) in [6.45, 7) is 5.51. The minimum absolute atomic E-state index is 0.108. The number of hydrogen-bond donors (Lipinski definition) is 2. The van der Waals surface area contributed by atoms with E-state index in [1.165, 1.54) is 0 Å². The molecule has 4 nitrogen and oxygen atoms in total. The van der Waals surface area contributed by atoms with Crippen LogP contribution in [0.1, 0.15) is 25.0 Å². The third-order valence-corrected chi connectivity index (χ3v) is 2.56. The van der Waals surface area contributed by atoms with Gasteiger partial charge in [0.15, 0.2) is 0 Å². The molecule has 0 aliphatic carbocycles. The van der Waals surface area contributed by atoms with Crippen LogP contribution in [0.25, 0.3) is 0 Å². The number of nitrogens with one attached hydrogen (secondary N) is 1. The first kappa shape index (κ1) is 14.5. The van der Waals surface area contributed by atoms with Crippen LogP contribution in [0, 0.1) is 6.92 Å². The minimum atomic E-state index is -0.888. The number of methoxy groups -OCH3 is 1. The lowest BCUT2D eigenvalue weighted by Gasteiger charge is -2.17. The standard InChI is InChI=1S/C14H21NO3/c1-10-5-6-11(7-12(10)18-4)8-13(16)15-9-14(2,3)17/h5-7,17H,8-9H2,1-4H3,(H,15,16). The van der Waals surface area contributed by atoms with Crippen molar-refractivity contribution >= 4 is 5.91 Å². The highest BCUT2D eigenvalue weighted by Crippen LogP contribution is 2.19. The number of ether oxygens (including phenoxy) is 1. The fourth-order valence-corrected chi connectivity index (χ4v) is 1.54. The van der Waals surface area contributed by atoms with Gasteiger partial charge in [-0.05, 0) is 38.0 Å². The summed E-state index contributed by atoms with van der Waals surface area (Å²) in [5.74, 6) is 0.672. The number of aliphatic hydroxyl groups is 1. The van der Waals surface area contributed by atoms with Crippen LogP contribution in [0.4, 0.5) is 0 Å². The molecule has 1 aromatic carbocycles. The molecule has 0 aliphatic rings. The number of rotatable bonds is 5. The maximum absolute atomic E-state index is 11.7. The number of benzene rings is 1. The molecule has 100 valence electrons. The van der Waals surface area contributed by atoms with Gasteiger partial charge in [-0.25, -0.2) is 0 Å². The first-order valence-corrected chi connectivity index (χ1v) is 5.94. The van der Waals surface area contributed by atoms with Crippen LogP contribution >= 0.6 is 0 Å². The van der Waals surface area contributed by atoms with Crippen molar-refractivity contribution in [3.05, 3.63) is 29.3 Å². The Labute approximate surface area is 108 Å². The fraction of sp³-hybridized carbons (Fsp3) is 0.500. The van der Waals surface area contributed by atoms with Gasteiger partial charge >= 0.3 is 0 Å². The molecule has 0 saturated heterocycles. The highest BCUT2D eigenvalue weighted by atomic mass is 16.5. The summed E-state index contributed by atoms with van der Waals surface area (Å²) < 4.78 is 5.21. The third-order valence-electron chi connectivity index (χ3n) is 2.56. The molecule has 0 unspecified atom stereocenters. The Kier molecular flexibility index (Phi) is 4.73. The Bertz CT molecular complexity index is 422. The summed E-state index contributed by atoms with van der Waals surface area (Å²) in [5.41, 5.74) is 1.05. The molecular formula is C14H21NO3. The Morgan fingerprint density at radius 2 is 2.11 bits per heavy atom. The van der Waals surface area contributed by atoms with Gasteiger partial charge in [-0.1, -0.05) is 12.1 Å². The molecule has 0 bridgehead atoms. The van der Waals surface area contributed by atoms with Crippen molar-refractivity contribution in [1.29, 1.82) is 0 Å². The first-order chi connectivity index (χ1) is 8.31. The van der Waals surface area contributed by atoms with Crippen molar-refractivity contribution in [3.8, 4) is 5.75 Å². The van der Waals surface area contributed by atoms with E-state index in [0.717, 1.165) is 16.9 Å². The Morgan fingerprint density at radius 3 is 2.67 bits per heavy atom. The summed E-state index contributed by atoms with van der Waals surface area (Å²) in [6.07, 6.45) is 0.284. The van der Waals surface area contributed by atoms with E-state index in [9.17, 15) is 9.90 Å².